The van der Waals surface area contributed by atoms with Crippen LogP contribution < -0.4 is 23.7 Å². The topological polar surface area (TPSA) is 124 Å². The molecule has 498 valence electrons. The predicted octanol–water partition coefficient (Wildman–Crippen LogP) is 21.1. The minimum atomic E-state index is -0.618. The van der Waals surface area contributed by atoms with E-state index in [2.05, 4.69) is 146 Å². The maximum absolute atomic E-state index is 12.3. The molecule has 1 unspecified atom stereocenters. The monoisotopic (exact) mass is 1360 g/mol. The van der Waals surface area contributed by atoms with Gasteiger partial charge in [-0.15, -0.1) is 0 Å². The fourth-order valence-corrected chi connectivity index (χ4v) is 15.6. The maximum Gasteiger partial charge on any atom is 0.349 e. The fourth-order valence-electron chi connectivity index (χ4n) is 9.32. The summed E-state index contributed by atoms with van der Waals surface area (Å²) in [5.74, 6) is 2.79. The molecule has 1 atom stereocenters. The van der Waals surface area contributed by atoms with Crippen LogP contribution in [0, 0.1) is 16.7 Å². The highest BCUT2D eigenvalue weighted by atomic mass is 32.2. The van der Waals surface area contributed by atoms with E-state index in [0.29, 0.717) is 35.2 Å². The average Bonchev–Trinajstić information content (AvgIpc) is 0.848. The summed E-state index contributed by atoms with van der Waals surface area (Å²) in [6, 6.07) is 101. The highest BCUT2D eigenvalue weighted by Gasteiger charge is 2.33. The molecule has 11 rings (SSSR count). The van der Waals surface area contributed by atoms with Gasteiger partial charge in [-0.2, -0.15) is 0 Å². The second kappa shape index (κ2) is 35.8. The van der Waals surface area contributed by atoms with Gasteiger partial charge in [-0.05, 0) is 241 Å². The summed E-state index contributed by atoms with van der Waals surface area (Å²) in [7, 11) is -0.644. The van der Waals surface area contributed by atoms with Crippen LogP contribution in [0.5, 0.6) is 40.2 Å². The van der Waals surface area contributed by atoms with Crippen molar-refractivity contribution >= 4 is 56.6 Å². The van der Waals surface area contributed by atoms with Crippen molar-refractivity contribution in [1.82, 2.24) is 0 Å². The standard InChI is InChI=1S/C30H29O3S.C29H27O3S.C26H27O4S/c1-4-30(2,3)29(31)33-25-17-15-23(16-18-25)32-24-19-21-28(22-20-24)34(26-11-7-5-8-12-26)27-13-9-6-10-14-27;1-3-22(2)29(30)32-25-16-14-23(15-17-25)31-24-18-20-28(21-19-24)33(26-10-6-4-7-11-26)27-12-8-5-9-13-27;1-4-26(2,3)25(28)29-19-24(27)30-20-15-17-23(18-16-20)31(21-11-7-5-8-12-21)22-13-9-6-10-14-22/h5-22H,4H2,1-3H3;4-22H,3H2,1-2H3;5-18H,4,19H2,1-3H3/q3*+1. The Labute approximate surface area is 586 Å². The molecular formula is C85H83O10S3+3. The molecule has 0 aromatic heterocycles. The van der Waals surface area contributed by atoms with Crippen molar-refractivity contribution in [3.8, 4) is 40.2 Å². The van der Waals surface area contributed by atoms with E-state index in [4.69, 9.17) is 28.4 Å². The lowest BCUT2D eigenvalue weighted by molar-refractivity contribution is -0.161. The number of carbonyl (C=O) groups excluding carboxylic acids is 4. The normalized spacial score (nSPS) is 11.4. The molecular weight excluding hydrogens is 1280 g/mol. The molecule has 0 fully saturated rings. The number of benzene rings is 11. The maximum atomic E-state index is 12.3. The molecule has 11 aromatic carbocycles. The third kappa shape index (κ3) is 20.7. The molecule has 0 amide bonds. The zero-order chi connectivity index (χ0) is 69.3. The Morgan fingerprint density at radius 1 is 0.306 bits per heavy atom. The van der Waals surface area contributed by atoms with Crippen molar-refractivity contribution in [2.45, 2.75) is 119 Å². The lowest BCUT2D eigenvalue weighted by Crippen LogP contribution is -2.29. The van der Waals surface area contributed by atoms with Gasteiger partial charge in [0.15, 0.2) is 50.7 Å². The molecule has 0 aliphatic rings. The first-order valence-electron chi connectivity index (χ1n) is 32.7. The summed E-state index contributed by atoms with van der Waals surface area (Å²) in [6.07, 6.45) is 2.11. The van der Waals surface area contributed by atoms with Crippen LogP contribution in [-0.2, 0) is 56.6 Å². The second-order valence-electron chi connectivity index (χ2n) is 24.0. The summed E-state index contributed by atoms with van der Waals surface area (Å²) >= 11 is 0. The van der Waals surface area contributed by atoms with Gasteiger partial charge in [-0.25, -0.2) is 4.79 Å². The van der Waals surface area contributed by atoms with E-state index in [0.717, 1.165) is 29.2 Å². The molecule has 0 bridgehead atoms. The zero-order valence-electron chi connectivity index (χ0n) is 56.6. The first-order chi connectivity index (χ1) is 47.5. The first-order valence-corrected chi connectivity index (χ1v) is 36.4. The summed E-state index contributed by atoms with van der Waals surface area (Å²) in [5.41, 5.74) is -1.12. The number of carbonyl (C=O) groups is 4. The lowest BCUT2D eigenvalue weighted by Gasteiger charge is -2.20. The van der Waals surface area contributed by atoms with Gasteiger partial charge in [0, 0.05) is 0 Å². The highest BCUT2D eigenvalue weighted by Crippen LogP contribution is 2.37. The summed E-state index contributed by atoms with van der Waals surface area (Å²) in [4.78, 5) is 59.5. The van der Waals surface area contributed by atoms with Gasteiger partial charge in [-0.1, -0.05) is 137 Å². The zero-order valence-corrected chi connectivity index (χ0v) is 59.0. The Morgan fingerprint density at radius 3 is 0.827 bits per heavy atom. The van der Waals surface area contributed by atoms with Crippen molar-refractivity contribution in [3.05, 3.63) is 303 Å². The second-order valence-corrected chi connectivity index (χ2v) is 30.1. The molecule has 0 heterocycles. The van der Waals surface area contributed by atoms with Gasteiger partial charge in [0.1, 0.15) is 40.2 Å². The van der Waals surface area contributed by atoms with Crippen LogP contribution in [0.2, 0.25) is 0 Å². The smallest absolute Gasteiger partial charge is 0.349 e. The van der Waals surface area contributed by atoms with Gasteiger partial charge in [0.25, 0.3) is 0 Å². The molecule has 98 heavy (non-hydrogen) atoms. The molecule has 10 nitrogen and oxygen atoms in total. The van der Waals surface area contributed by atoms with E-state index in [1.807, 2.05) is 163 Å². The lowest BCUT2D eigenvalue weighted by atomic mass is 9.91. The van der Waals surface area contributed by atoms with Crippen LogP contribution in [-0.4, -0.2) is 30.5 Å². The van der Waals surface area contributed by atoms with Crippen LogP contribution in [0.1, 0.15) is 74.7 Å². The number of esters is 4. The molecule has 0 spiro atoms. The summed E-state index contributed by atoms with van der Waals surface area (Å²) < 4.78 is 33.4. The van der Waals surface area contributed by atoms with Crippen LogP contribution in [0.25, 0.3) is 0 Å². The molecule has 0 radical (unpaired) electrons. The van der Waals surface area contributed by atoms with E-state index < -0.39 is 29.4 Å². The van der Waals surface area contributed by atoms with E-state index in [1.54, 1.807) is 50.2 Å². The van der Waals surface area contributed by atoms with Crippen molar-refractivity contribution in [2.75, 3.05) is 6.61 Å². The third-order valence-corrected chi connectivity index (χ3v) is 22.7. The van der Waals surface area contributed by atoms with E-state index in [-0.39, 0.29) is 50.5 Å². The third-order valence-electron chi connectivity index (χ3n) is 16.0. The predicted molar refractivity (Wildman–Crippen MR) is 393 cm³/mol. The Bertz CT molecular complexity index is 4120. The minimum absolute atomic E-state index is 0.115. The Balaban J connectivity index is 0.000000172. The van der Waals surface area contributed by atoms with Crippen LogP contribution in [0.4, 0.5) is 0 Å². The van der Waals surface area contributed by atoms with Crippen molar-refractivity contribution in [2.24, 2.45) is 16.7 Å². The van der Waals surface area contributed by atoms with E-state index >= 15 is 0 Å². The number of hydrogen-bond acceptors (Lipinski definition) is 10. The molecule has 0 N–H and O–H groups in total. The van der Waals surface area contributed by atoms with E-state index in [9.17, 15) is 19.2 Å². The summed E-state index contributed by atoms with van der Waals surface area (Å²) in [6.45, 7) is 14.7. The van der Waals surface area contributed by atoms with Gasteiger partial charge in [0.05, 0.1) is 49.4 Å². The van der Waals surface area contributed by atoms with E-state index in [1.165, 1.54) is 39.2 Å². The molecule has 0 aliphatic carbocycles. The minimum Gasteiger partial charge on any atom is -0.457 e. The quantitative estimate of drug-likeness (QED) is 0.0328. The van der Waals surface area contributed by atoms with Crippen molar-refractivity contribution in [3.63, 3.8) is 0 Å². The van der Waals surface area contributed by atoms with Gasteiger partial charge >= 0.3 is 23.9 Å². The van der Waals surface area contributed by atoms with Crippen molar-refractivity contribution < 1.29 is 47.6 Å². The van der Waals surface area contributed by atoms with Crippen molar-refractivity contribution in [1.29, 1.82) is 0 Å². The fraction of sp³-hybridized carbons (Fsp3) is 0.176. The molecule has 0 saturated heterocycles. The van der Waals surface area contributed by atoms with Gasteiger partial charge < -0.3 is 28.4 Å². The van der Waals surface area contributed by atoms with Crippen LogP contribution >= 0.6 is 0 Å². The largest absolute Gasteiger partial charge is 0.457 e. The Kier molecular flexibility index (Phi) is 26.4. The Hall–Kier alpha value is -10.1. The van der Waals surface area contributed by atoms with Crippen LogP contribution in [0.3, 0.4) is 0 Å². The first kappa shape index (κ1) is 72.2. The number of ether oxygens (including phenoxy) is 6. The molecule has 13 heteroatoms. The highest BCUT2D eigenvalue weighted by molar-refractivity contribution is 7.97. The summed E-state index contributed by atoms with van der Waals surface area (Å²) in [5, 5.41) is 0. The molecule has 11 aromatic rings. The number of hydrogen-bond donors (Lipinski definition) is 0. The van der Waals surface area contributed by atoms with Gasteiger partial charge in [0.2, 0.25) is 0 Å². The number of rotatable bonds is 24. The average molecular weight is 1360 g/mol. The van der Waals surface area contributed by atoms with Gasteiger partial charge in [-0.3, -0.25) is 14.4 Å². The molecule has 0 saturated carbocycles. The SMILES string of the molecule is CCC(C)(C)C(=O)OCC(=O)Oc1ccc([S+](c2ccccc2)c2ccccc2)cc1.CCC(C)(C)C(=O)Oc1ccc(Oc2ccc([S+](c3ccccc3)c3ccccc3)cc2)cc1.CCC(C)C(=O)Oc1ccc(Oc2ccc([S+](c3ccccc3)c3ccccc3)cc2)cc1. The van der Waals surface area contributed by atoms with Crippen LogP contribution in [0.15, 0.2) is 347 Å². The Morgan fingerprint density at radius 2 is 0.541 bits per heavy atom. The molecule has 0 aliphatic heterocycles.